The normalized spacial score (nSPS) is 17.5. The number of ether oxygens (including phenoxy) is 1. The van der Waals surface area contributed by atoms with Crippen LogP contribution in [0.2, 0.25) is 0 Å². The molecule has 0 aromatic carbocycles. The lowest BCUT2D eigenvalue weighted by Gasteiger charge is -2.17. The summed E-state index contributed by atoms with van der Waals surface area (Å²) in [4.78, 5) is 23.4. The molecule has 0 radical (unpaired) electrons. The summed E-state index contributed by atoms with van der Waals surface area (Å²) in [5, 5.41) is 3.18. The van der Waals surface area contributed by atoms with Gasteiger partial charge in [-0.15, -0.1) is 0 Å². The molecule has 0 spiro atoms. The van der Waals surface area contributed by atoms with Gasteiger partial charge in [0.1, 0.15) is 6.29 Å². The number of rotatable bonds is 7. The Hall–Kier alpha value is -0.940. The van der Waals surface area contributed by atoms with Crippen molar-refractivity contribution in [2.45, 2.75) is 18.4 Å². The number of aldehydes is 1. The van der Waals surface area contributed by atoms with Crippen molar-refractivity contribution < 1.29 is 14.3 Å². The zero-order valence-corrected chi connectivity index (χ0v) is 9.28. The smallest absolute Gasteiger partial charge is 0.319 e. The summed E-state index contributed by atoms with van der Waals surface area (Å²) in [5.74, 6) is -0.242. The largest absolute Gasteiger partial charge is 0.468 e. The molecular weight excluding hydrogens is 196 g/mol. The van der Waals surface area contributed by atoms with E-state index < -0.39 is 0 Å². The highest BCUT2D eigenvalue weighted by Crippen LogP contribution is 2.32. The van der Waals surface area contributed by atoms with Crippen LogP contribution < -0.4 is 5.32 Å². The Labute approximate surface area is 89.8 Å². The second-order valence-electron chi connectivity index (χ2n) is 4.01. The van der Waals surface area contributed by atoms with Gasteiger partial charge in [-0.2, -0.15) is 0 Å². The minimum atomic E-state index is -0.258. The highest BCUT2D eigenvalue weighted by molar-refractivity contribution is 5.71. The van der Waals surface area contributed by atoms with Gasteiger partial charge >= 0.3 is 5.97 Å². The predicted octanol–water partition coefficient (Wildman–Crippen LogP) is -0.588. The van der Waals surface area contributed by atoms with Gasteiger partial charge in [0.05, 0.1) is 19.2 Å². The average Bonchev–Trinajstić information content (AvgIpc) is 2.98. The van der Waals surface area contributed by atoms with Gasteiger partial charge in [0.15, 0.2) is 0 Å². The van der Waals surface area contributed by atoms with Crippen LogP contribution >= 0.6 is 0 Å². The van der Waals surface area contributed by atoms with Crippen LogP contribution in [-0.4, -0.2) is 56.5 Å². The van der Waals surface area contributed by atoms with Crippen molar-refractivity contribution in [3.63, 3.8) is 0 Å². The second-order valence-corrected chi connectivity index (χ2v) is 4.01. The lowest BCUT2D eigenvalue weighted by molar-refractivity contribution is -0.141. The van der Waals surface area contributed by atoms with E-state index in [-0.39, 0.29) is 18.1 Å². The van der Waals surface area contributed by atoms with E-state index in [1.165, 1.54) is 7.11 Å². The van der Waals surface area contributed by atoms with Crippen LogP contribution in [0, 0.1) is 0 Å². The monoisotopic (exact) mass is 214 g/mol. The van der Waals surface area contributed by atoms with E-state index in [9.17, 15) is 9.59 Å². The Morgan fingerprint density at radius 2 is 2.27 bits per heavy atom. The van der Waals surface area contributed by atoms with Crippen LogP contribution in [0.4, 0.5) is 0 Å². The predicted molar refractivity (Wildman–Crippen MR) is 55.5 cm³/mol. The van der Waals surface area contributed by atoms with E-state index in [1.807, 2.05) is 11.9 Å². The summed E-state index contributed by atoms with van der Waals surface area (Å²) in [6.07, 6.45) is 2.84. The molecule has 0 aliphatic heterocycles. The number of likely N-dealkylation sites (N-methyl/N-ethyl adjacent to an activating group) is 1. The van der Waals surface area contributed by atoms with E-state index in [4.69, 9.17) is 0 Å². The average molecular weight is 214 g/mol. The van der Waals surface area contributed by atoms with Crippen LogP contribution in [0.5, 0.6) is 0 Å². The maximum absolute atomic E-state index is 10.9. The Bertz CT molecular complexity index is 239. The number of nitrogens with one attached hydrogen (secondary N) is 1. The molecule has 0 unspecified atom stereocenters. The first-order valence-corrected chi connectivity index (χ1v) is 5.08. The molecule has 1 aliphatic rings. The quantitative estimate of drug-likeness (QED) is 0.453. The van der Waals surface area contributed by atoms with Crippen LogP contribution in [0.1, 0.15) is 12.8 Å². The van der Waals surface area contributed by atoms with E-state index in [1.54, 1.807) is 0 Å². The van der Waals surface area contributed by atoms with E-state index in [2.05, 4.69) is 10.1 Å². The number of methoxy groups -OCH3 is 1. The maximum atomic E-state index is 10.9. The highest BCUT2D eigenvalue weighted by Gasteiger charge is 2.41. The van der Waals surface area contributed by atoms with E-state index >= 15 is 0 Å². The molecule has 0 amide bonds. The number of hydrogen-bond acceptors (Lipinski definition) is 5. The summed E-state index contributed by atoms with van der Waals surface area (Å²) in [6, 6.07) is 0. The number of nitrogens with zero attached hydrogens (tertiary/aromatic N) is 1. The molecule has 86 valence electrons. The van der Waals surface area contributed by atoms with Gasteiger partial charge < -0.3 is 14.8 Å². The standard InChI is InChI=1S/C10H18N2O3/c1-12(7-9(14)15-2)6-5-11-10(8-13)3-4-10/h8,11H,3-7H2,1-2H3. The fraction of sp³-hybridized carbons (Fsp3) is 0.800. The fourth-order valence-electron chi connectivity index (χ4n) is 1.33. The molecule has 1 N–H and O–H groups in total. The topological polar surface area (TPSA) is 58.6 Å². The van der Waals surface area contributed by atoms with Crippen molar-refractivity contribution in [1.82, 2.24) is 10.2 Å². The van der Waals surface area contributed by atoms with E-state index in [0.717, 1.165) is 25.7 Å². The number of carbonyl (C=O) groups excluding carboxylic acids is 2. The Balaban J connectivity index is 2.09. The van der Waals surface area contributed by atoms with Crippen LogP contribution in [-0.2, 0) is 14.3 Å². The number of hydrogen-bond donors (Lipinski definition) is 1. The highest BCUT2D eigenvalue weighted by atomic mass is 16.5. The van der Waals surface area contributed by atoms with Crippen LogP contribution in [0.3, 0.4) is 0 Å². The molecular formula is C10H18N2O3. The molecule has 15 heavy (non-hydrogen) atoms. The van der Waals surface area contributed by atoms with Crippen molar-refractivity contribution in [3.05, 3.63) is 0 Å². The van der Waals surface area contributed by atoms with Crippen molar-refractivity contribution in [3.8, 4) is 0 Å². The minimum Gasteiger partial charge on any atom is -0.468 e. The van der Waals surface area contributed by atoms with Crippen LogP contribution in [0.25, 0.3) is 0 Å². The summed E-state index contributed by atoms with van der Waals surface area (Å²) >= 11 is 0. The van der Waals surface area contributed by atoms with Gasteiger partial charge in [0.25, 0.3) is 0 Å². The second kappa shape index (κ2) is 5.23. The zero-order chi connectivity index (χ0) is 11.3. The van der Waals surface area contributed by atoms with Crippen LogP contribution in [0.15, 0.2) is 0 Å². The van der Waals surface area contributed by atoms with Gasteiger partial charge in [-0.3, -0.25) is 9.69 Å². The minimum absolute atomic E-state index is 0.242. The molecule has 0 aromatic heterocycles. The lowest BCUT2D eigenvalue weighted by atomic mass is 10.3. The molecule has 0 aromatic rings. The molecule has 5 nitrogen and oxygen atoms in total. The van der Waals surface area contributed by atoms with Crippen molar-refractivity contribution in [2.24, 2.45) is 0 Å². The van der Waals surface area contributed by atoms with Gasteiger partial charge in [-0.25, -0.2) is 0 Å². The molecule has 1 saturated carbocycles. The fourth-order valence-corrected chi connectivity index (χ4v) is 1.33. The van der Waals surface area contributed by atoms with Gasteiger partial charge in [-0.05, 0) is 19.9 Å². The summed E-state index contributed by atoms with van der Waals surface area (Å²) in [7, 11) is 3.22. The van der Waals surface area contributed by atoms with E-state index in [0.29, 0.717) is 6.54 Å². The third kappa shape index (κ3) is 3.97. The molecule has 1 rings (SSSR count). The molecule has 5 heteroatoms. The molecule has 0 bridgehead atoms. The first kappa shape index (κ1) is 12.1. The molecule has 0 saturated heterocycles. The summed E-state index contributed by atoms with van der Waals surface area (Å²) in [6.45, 7) is 1.73. The third-order valence-corrected chi connectivity index (χ3v) is 2.61. The Morgan fingerprint density at radius 3 is 2.73 bits per heavy atom. The van der Waals surface area contributed by atoms with Gasteiger partial charge in [0, 0.05) is 13.1 Å². The summed E-state index contributed by atoms with van der Waals surface area (Å²) in [5.41, 5.74) is -0.258. The summed E-state index contributed by atoms with van der Waals surface area (Å²) < 4.78 is 4.54. The van der Waals surface area contributed by atoms with Crippen molar-refractivity contribution >= 4 is 12.3 Å². The zero-order valence-electron chi connectivity index (χ0n) is 9.28. The molecule has 1 fully saturated rings. The third-order valence-electron chi connectivity index (χ3n) is 2.61. The molecule has 0 heterocycles. The lowest BCUT2D eigenvalue weighted by Crippen LogP contribution is -2.39. The Kier molecular flexibility index (Phi) is 4.23. The maximum Gasteiger partial charge on any atom is 0.319 e. The number of esters is 1. The molecule has 0 atom stereocenters. The van der Waals surface area contributed by atoms with Gasteiger partial charge in [0.2, 0.25) is 0 Å². The van der Waals surface area contributed by atoms with Gasteiger partial charge in [-0.1, -0.05) is 0 Å². The Morgan fingerprint density at radius 1 is 1.60 bits per heavy atom. The molecule has 1 aliphatic carbocycles. The number of carbonyl (C=O) groups is 2. The first-order valence-electron chi connectivity index (χ1n) is 5.08. The van der Waals surface area contributed by atoms with Crippen molar-refractivity contribution in [1.29, 1.82) is 0 Å². The first-order chi connectivity index (χ1) is 7.12. The van der Waals surface area contributed by atoms with Crippen molar-refractivity contribution in [2.75, 3.05) is 33.8 Å². The SMILES string of the molecule is COC(=O)CN(C)CCNC1(C=O)CC1.